The topological polar surface area (TPSA) is 71.8 Å². The maximum absolute atomic E-state index is 13.7. The quantitative estimate of drug-likeness (QED) is 0.761. The van der Waals surface area contributed by atoms with Crippen LogP contribution in [-0.2, 0) is 16.1 Å². The molecule has 2 aliphatic heterocycles. The van der Waals surface area contributed by atoms with Gasteiger partial charge in [-0.25, -0.2) is 4.39 Å². The van der Waals surface area contributed by atoms with E-state index in [1.54, 1.807) is 41.1 Å². The number of carbonyl (C=O) groups excluding carboxylic acids is 2. The fraction of sp³-hybridized carbons (Fsp3) is 0.409. The smallest absolute Gasteiger partial charge is 0.254 e. The summed E-state index contributed by atoms with van der Waals surface area (Å²) in [5.74, 6) is -0.920. The Morgan fingerprint density at radius 3 is 2.77 bits per heavy atom. The van der Waals surface area contributed by atoms with Crippen LogP contribution in [-0.4, -0.2) is 65.1 Å². The number of aryl methyl sites for hydroxylation is 1. The number of nitrogens with zero attached hydrogens (tertiary/aromatic N) is 3. The highest BCUT2D eigenvalue weighted by atomic mass is 19.1. The molecule has 0 saturated carbocycles. The molecule has 2 fully saturated rings. The van der Waals surface area contributed by atoms with Crippen LogP contribution < -0.4 is 5.56 Å². The SMILES string of the molecule is Cc1ccc(F)cc1C(=O)N1C[C@@H]2COC[C@H](C1)N(C(=O)Cn1ccccc1=O)C2. The van der Waals surface area contributed by atoms with Crippen molar-refractivity contribution in [1.29, 1.82) is 0 Å². The van der Waals surface area contributed by atoms with E-state index in [1.807, 2.05) is 0 Å². The Hall–Kier alpha value is -3.00. The van der Waals surface area contributed by atoms with Gasteiger partial charge in [-0.3, -0.25) is 14.4 Å². The van der Waals surface area contributed by atoms with Crippen molar-refractivity contribution in [3.8, 4) is 0 Å². The van der Waals surface area contributed by atoms with E-state index in [1.165, 1.54) is 22.8 Å². The predicted molar refractivity (Wildman–Crippen MR) is 108 cm³/mol. The van der Waals surface area contributed by atoms with Gasteiger partial charge in [0.2, 0.25) is 5.91 Å². The van der Waals surface area contributed by atoms with Crippen LogP contribution in [0.2, 0.25) is 0 Å². The van der Waals surface area contributed by atoms with Gasteiger partial charge < -0.3 is 19.1 Å². The summed E-state index contributed by atoms with van der Waals surface area (Å²) in [5.41, 5.74) is 0.811. The number of fused-ring (bicyclic) bond motifs is 3. The van der Waals surface area contributed by atoms with Gasteiger partial charge in [0.25, 0.3) is 11.5 Å². The van der Waals surface area contributed by atoms with E-state index in [9.17, 15) is 18.8 Å². The van der Waals surface area contributed by atoms with Crippen LogP contribution in [0.15, 0.2) is 47.4 Å². The molecule has 0 radical (unpaired) electrons. The molecule has 2 aliphatic rings. The fourth-order valence-electron chi connectivity index (χ4n) is 4.14. The van der Waals surface area contributed by atoms with Gasteiger partial charge in [0, 0.05) is 43.4 Å². The minimum absolute atomic E-state index is 0.0493. The van der Waals surface area contributed by atoms with Crippen LogP contribution >= 0.6 is 0 Å². The number of amides is 2. The predicted octanol–water partition coefficient (Wildman–Crippen LogP) is 1.30. The van der Waals surface area contributed by atoms with Crippen molar-refractivity contribution < 1.29 is 18.7 Å². The van der Waals surface area contributed by atoms with Gasteiger partial charge >= 0.3 is 0 Å². The molecule has 2 aromatic rings. The number of hydrogen-bond donors (Lipinski definition) is 0. The highest BCUT2D eigenvalue weighted by molar-refractivity contribution is 5.95. The second-order valence-electron chi connectivity index (χ2n) is 7.94. The number of pyridine rings is 1. The molecule has 0 N–H and O–H groups in total. The van der Waals surface area contributed by atoms with Gasteiger partial charge in [0.05, 0.1) is 19.3 Å². The molecule has 158 valence electrons. The van der Waals surface area contributed by atoms with Crippen LogP contribution in [0, 0.1) is 18.7 Å². The number of aromatic nitrogens is 1. The average molecular weight is 413 g/mol. The Bertz CT molecular complexity index is 1020. The number of benzene rings is 1. The third-order valence-corrected chi connectivity index (χ3v) is 5.71. The molecule has 3 heterocycles. The Morgan fingerprint density at radius 2 is 1.97 bits per heavy atom. The maximum Gasteiger partial charge on any atom is 0.254 e. The number of hydrogen-bond acceptors (Lipinski definition) is 4. The minimum Gasteiger partial charge on any atom is -0.379 e. The Kier molecular flexibility index (Phi) is 5.67. The second kappa shape index (κ2) is 8.39. The Balaban J connectivity index is 1.55. The lowest BCUT2D eigenvalue weighted by atomic mass is 10.1. The molecule has 1 aromatic carbocycles. The van der Waals surface area contributed by atoms with Crippen LogP contribution in [0.5, 0.6) is 0 Å². The first-order valence-corrected chi connectivity index (χ1v) is 10.0. The summed E-state index contributed by atoms with van der Waals surface area (Å²) in [6, 6.07) is 8.63. The normalized spacial score (nSPS) is 21.3. The van der Waals surface area contributed by atoms with E-state index in [-0.39, 0.29) is 35.9 Å². The summed E-state index contributed by atoms with van der Waals surface area (Å²) < 4.78 is 20.8. The van der Waals surface area contributed by atoms with Crippen molar-refractivity contribution >= 4 is 11.8 Å². The van der Waals surface area contributed by atoms with Crippen molar-refractivity contribution in [3.63, 3.8) is 0 Å². The fourth-order valence-corrected chi connectivity index (χ4v) is 4.14. The van der Waals surface area contributed by atoms with Gasteiger partial charge in [-0.2, -0.15) is 0 Å². The first-order chi connectivity index (χ1) is 14.4. The molecule has 2 saturated heterocycles. The summed E-state index contributed by atoms with van der Waals surface area (Å²) in [4.78, 5) is 41.6. The van der Waals surface area contributed by atoms with Gasteiger partial charge in [-0.05, 0) is 30.7 Å². The number of rotatable bonds is 3. The molecule has 0 unspecified atom stereocenters. The molecular formula is C22H24FN3O4. The van der Waals surface area contributed by atoms with Crippen LogP contribution in [0.4, 0.5) is 4.39 Å². The third kappa shape index (κ3) is 4.14. The molecule has 30 heavy (non-hydrogen) atoms. The molecule has 2 atom stereocenters. The number of halogens is 1. The highest BCUT2D eigenvalue weighted by Crippen LogP contribution is 2.23. The van der Waals surface area contributed by atoms with E-state index in [4.69, 9.17) is 4.74 Å². The Labute approximate surface area is 173 Å². The summed E-state index contributed by atoms with van der Waals surface area (Å²) in [6.07, 6.45) is 1.59. The molecule has 2 amide bonds. The van der Waals surface area contributed by atoms with E-state index in [2.05, 4.69) is 0 Å². The molecular weight excluding hydrogens is 389 g/mol. The van der Waals surface area contributed by atoms with Crippen molar-refractivity contribution in [2.24, 2.45) is 5.92 Å². The van der Waals surface area contributed by atoms with E-state index in [0.29, 0.717) is 44.0 Å². The molecule has 2 bridgehead atoms. The summed E-state index contributed by atoms with van der Waals surface area (Å²) in [5, 5.41) is 0. The average Bonchev–Trinajstić information content (AvgIpc) is 3.02. The van der Waals surface area contributed by atoms with Crippen LogP contribution in [0.25, 0.3) is 0 Å². The largest absolute Gasteiger partial charge is 0.379 e. The minimum atomic E-state index is -0.451. The molecule has 8 heteroatoms. The maximum atomic E-state index is 13.7. The van der Waals surface area contributed by atoms with E-state index >= 15 is 0 Å². The lowest BCUT2D eigenvalue weighted by Crippen LogP contribution is -2.49. The van der Waals surface area contributed by atoms with Crippen LogP contribution in [0.3, 0.4) is 0 Å². The van der Waals surface area contributed by atoms with Gasteiger partial charge in [0.15, 0.2) is 0 Å². The molecule has 1 aromatic heterocycles. The number of carbonyl (C=O) groups is 2. The zero-order valence-electron chi connectivity index (χ0n) is 16.8. The summed E-state index contributed by atoms with van der Waals surface area (Å²) >= 11 is 0. The van der Waals surface area contributed by atoms with E-state index in [0.717, 1.165) is 0 Å². The first-order valence-electron chi connectivity index (χ1n) is 10.0. The lowest BCUT2D eigenvalue weighted by Gasteiger charge is -2.31. The summed E-state index contributed by atoms with van der Waals surface area (Å²) in [7, 11) is 0. The lowest BCUT2D eigenvalue weighted by molar-refractivity contribution is -0.134. The molecule has 7 nitrogen and oxygen atoms in total. The van der Waals surface area contributed by atoms with Gasteiger partial charge in [0.1, 0.15) is 12.4 Å². The zero-order chi connectivity index (χ0) is 21.3. The van der Waals surface area contributed by atoms with Gasteiger partial charge in [-0.1, -0.05) is 12.1 Å². The third-order valence-electron chi connectivity index (χ3n) is 5.71. The molecule has 0 aliphatic carbocycles. The second-order valence-corrected chi connectivity index (χ2v) is 7.94. The van der Waals surface area contributed by atoms with Crippen molar-refractivity contribution in [2.75, 3.05) is 32.8 Å². The monoisotopic (exact) mass is 413 g/mol. The van der Waals surface area contributed by atoms with Crippen molar-refractivity contribution in [3.05, 3.63) is 69.9 Å². The molecule has 0 spiro atoms. The van der Waals surface area contributed by atoms with Gasteiger partial charge in [-0.15, -0.1) is 0 Å². The number of ether oxygens (including phenoxy) is 1. The standard InChI is InChI=1S/C22H24FN3O4/c1-15-5-6-17(23)8-19(15)22(29)25-9-16-10-26(18(11-25)14-30-13-16)21(28)12-24-7-3-2-4-20(24)27/h2-8,16,18H,9-14H2,1H3/t16-,18-/m0/s1. The van der Waals surface area contributed by atoms with Crippen molar-refractivity contribution in [1.82, 2.24) is 14.4 Å². The Morgan fingerprint density at radius 1 is 1.13 bits per heavy atom. The zero-order valence-corrected chi connectivity index (χ0v) is 16.8. The molecule has 4 rings (SSSR count). The van der Waals surface area contributed by atoms with E-state index < -0.39 is 5.82 Å². The van der Waals surface area contributed by atoms with Crippen LogP contribution in [0.1, 0.15) is 15.9 Å². The van der Waals surface area contributed by atoms with Crippen molar-refractivity contribution in [2.45, 2.75) is 19.5 Å². The summed E-state index contributed by atoms with van der Waals surface area (Å²) in [6.45, 7) is 3.68. The first kappa shape index (κ1) is 20.3. The highest BCUT2D eigenvalue weighted by Gasteiger charge is 2.37.